The summed E-state index contributed by atoms with van der Waals surface area (Å²) in [5, 5.41) is 4.40. The van der Waals surface area contributed by atoms with Gasteiger partial charge in [0.2, 0.25) is 0 Å². The van der Waals surface area contributed by atoms with Gasteiger partial charge in [-0.1, -0.05) is 58.8 Å². The normalized spacial score (nSPS) is 10.9. The van der Waals surface area contributed by atoms with E-state index in [-0.39, 0.29) is 0 Å². The van der Waals surface area contributed by atoms with Gasteiger partial charge in [-0.25, -0.2) is 4.98 Å². The van der Waals surface area contributed by atoms with Gasteiger partial charge in [0.25, 0.3) is 0 Å². The molecule has 0 aliphatic heterocycles. The molecule has 1 N–H and O–H groups in total. The molecule has 0 radical (unpaired) electrons. The van der Waals surface area contributed by atoms with Crippen molar-refractivity contribution < 1.29 is 0 Å². The van der Waals surface area contributed by atoms with Crippen molar-refractivity contribution in [2.45, 2.75) is 19.8 Å². The molecule has 20 heavy (non-hydrogen) atoms. The van der Waals surface area contributed by atoms with Crippen LogP contribution in [0.4, 0.5) is 10.8 Å². The minimum Gasteiger partial charge on any atom is -0.331 e. The van der Waals surface area contributed by atoms with Gasteiger partial charge in [-0.15, -0.1) is 0 Å². The Morgan fingerprint density at radius 1 is 1.20 bits per heavy atom. The molecule has 1 aromatic heterocycles. The molecule has 0 saturated heterocycles. The number of halogens is 1. The maximum atomic E-state index is 4.64. The fourth-order valence-corrected chi connectivity index (χ4v) is 3.63. The second-order valence-corrected chi connectivity index (χ2v) is 6.61. The van der Waals surface area contributed by atoms with E-state index >= 15 is 0 Å². The van der Waals surface area contributed by atoms with Crippen molar-refractivity contribution >= 4 is 48.3 Å². The van der Waals surface area contributed by atoms with Crippen molar-refractivity contribution in [1.29, 1.82) is 0 Å². The molecule has 0 amide bonds. The average molecular weight is 347 g/mol. The number of nitrogens with zero attached hydrogens (tertiary/aromatic N) is 1. The van der Waals surface area contributed by atoms with Crippen LogP contribution in [0.5, 0.6) is 0 Å². The summed E-state index contributed by atoms with van der Waals surface area (Å²) in [6.07, 6.45) is 2.23. The van der Waals surface area contributed by atoms with E-state index in [0.717, 1.165) is 33.7 Å². The number of hydrogen-bond donors (Lipinski definition) is 1. The number of para-hydroxylation sites is 1. The van der Waals surface area contributed by atoms with Crippen molar-refractivity contribution in [1.82, 2.24) is 4.98 Å². The fraction of sp³-hybridized carbons (Fsp3) is 0.188. The van der Waals surface area contributed by atoms with E-state index in [4.69, 9.17) is 0 Å². The molecule has 0 atom stereocenters. The molecule has 0 saturated carbocycles. The maximum absolute atomic E-state index is 4.64. The molecule has 2 aromatic carbocycles. The molecule has 102 valence electrons. The Kier molecular flexibility index (Phi) is 4.03. The van der Waals surface area contributed by atoms with Crippen molar-refractivity contribution in [2.75, 3.05) is 5.32 Å². The molecule has 0 unspecified atom stereocenters. The SMILES string of the molecule is CCCc1ccccc1Nc1nc2ccc(Br)cc2s1. The molecular weight excluding hydrogens is 332 g/mol. The van der Waals surface area contributed by atoms with Crippen LogP contribution in [-0.2, 0) is 6.42 Å². The van der Waals surface area contributed by atoms with Crippen LogP contribution in [0.1, 0.15) is 18.9 Å². The highest BCUT2D eigenvalue weighted by Gasteiger charge is 2.06. The molecule has 0 bridgehead atoms. The lowest BCUT2D eigenvalue weighted by Gasteiger charge is -2.08. The summed E-state index contributed by atoms with van der Waals surface area (Å²) in [6.45, 7) is 2.20. The highest BCUT2D eigenvalue weighted by molar-refractivity contribution is 9.10. The van der Waals surface area contributed by atoms with Gasteiger partial charge in [-0.2, -0.15) is 0 Å². The van der Waals surface area contributed by atoms with Gasteiger partial charge < -0.3 is 5.32 Å². The molecule has 2 nitrogen and oxygen atoms in total. The van der Waals surface area contributed by atoms with Gasteiger partial charge in [0.15, 0.2) is 5.13 Å². The number of anilines is 2. The van der Waals surface area contributed by atoms with E-state index in [2.05, 4.69) is 63.5 Å². The number of nitrogens with one attached hydrogen (secondary N) is 1. The lowest BCUT2D eigenvalue weighted by atomic mass is 10.1. The number of hydrogen-bond acceptors (Lipinski definition) is 3. The Labute approximate surface area is 131 Å². The first kappa shape index (κ1) is 13.6. The fourth-order valence-electron chi connectivity index (χ4n) is 2.20. The summed E-state index contributed by atoms with van der Waals surface area (Å²) >= 11 is 5.18. The summed E-state index contributed by atoms with van der Waals surface area (Å²) < 4.78 is 2.28. The van der Waals surface area contributed by atoms with Gasteiger partial charge in [-0.05, 0) is 36.2 Å². The van der Waals surface area contributed by atoms with Crippen molar-refractivity contribution in [2.24, 2.45) is 0 Å². The molecule has 0 aliphatic carbocycles. The molecule has 0 spiro atoms. The van der Waals surface area contributed by atoms with Gasteiger partial charge >= 0.3 is 0 Å². The van der Waals surface area contributed by atoms with Crippen LogP contribution < -0.4 is 5.32 Å². The second-order valence-electron chi connectivity index (χ2n) is 4.66. The van der Waals surface area contributed by atoms with Crippen LogP contribution in [0.15, 0.2) is 46.9 Å². The lowest BCUT2D eigenvalue weighted by molar-refractivity contribution is 0.923. The molecular formula is C16H15BrN2S. The van der Waals surface area contributed by atoms with Crippen LogP contribution in [-0.4, -0.2) is 4.98 Å². The third-order valence-corrected chi connectivity index (χ3v) is 4.56. The summed E-state index contributed by atoms with van der Waals surface area (Å²) in [6, 6.07) is 14.6. The zero-order valence-electron chi connectivity index (χ0n) is 11.2. The number of benzene rings is 2. The number of thiazole rings is 1. The Bertz CT molecular complexity index is 736. The minimum atomic E-state index is 0.946. The second kappa shape index (κ2) is 5.94. The summed E-state index contributed by atoms with van der Waals surface area (Å²) in [5.74, 6) is 0. The Balaban J connectivity index is 1.93. The van der Waals surface area contributed by atoms with E-state index in [1.807, 2.05) is 12.1 Å². The van der Waals surface area contributed by atoms with Crippen LogP contribution >= 0.6 is 27.3 Å². The topological polar surface area (TPSA) is 24.9 Å². The first-order valence-electron chi connectivity index (χ1n) is 6.67. The van der Waals surface area contributed by atoms with Crippen LogP contribution in [0.3, 0.4) is 0 Å². The molecule has 0 aliphatic rings. The number of rotatable bonds is 4. The molecule has 0 fully saturated rings. The van der Waals surface area contributed by atoms with E-state index in [0.29, 0.717) is 0 Å². The number of fused-ring (bicyclic) bond motifs is 1. The Hall–Kier alpha value is -1.39. The quantitative estimate of drug-likeness (QED) is 0.649. The van der Waals surface area contributed by atoms with E-state index in [1.165, 1.54) is 10.3 Å². The van der Waals surface area contributed by atoms with E-state index in [1.54, 1.807) is 11.3 Å². The third-order valence-electron chi connectivity index (χ3n) is 3.13. The van der Waals surface area contributed by atoms with Crippen LogP contribution in [0.2, 0.25) is 0 Å². The van der Waals surface area contributed by atoms with E-state index in [9.17, 15) is 0 Å². The third kappa shape index (κ3) is 2.86. The Morgan fingerprint density at radius 2 is 2.05 bits per heavy atom. The van der Waals surface area contributed by atoms with Gasteiger partial charge in [-0.3, -0.25) is 0 Å². The summed E-state index contributed by atoms with van der Waals surface area (Å²) in [5.41, 5.74) is 3.54. The average Bonchev–Trinajstić information content (AvgIpc) is 2.82. The molecule has 1 heterocycles. The molecule has 3 aromatic rings. The Morgan fingerprint density at radius 3 is 2.90 bits per heavy atom. The van der Waals surface area contributed by atoms with Crippen molar-refractivity contribution in [3.63, 3.8) is 0 Å². The number of aromatic nitrogens is 1. The van der Waals surface area contributed by atoms with Crippen molar-refractivity contribution in [3.8, 4) is 0 Å². The summed E-state index contributed by atoms with van der Waals surface area (Å²) in [4.78, 5) is 4.64. The highest BCUT2D eigenvalue weighted by Crippen LogP contribution is 2.31. The number of aryl methyl sites for hydroxylation is 1. The maximum Gasteiger partial charge on any atom is 0.188 e. The highest BCUT2D eigenvalue weighted by atomic mass is 79.9. The smallest absolute Gasteiger partial charge is 0.188 e. The predicted octanol–water partition coefficient (Wildman–Crippen LogP) is 5.75. The van der Waals surface area contributed by atoms with Gasteiger partial charge in [0.05, 0.1) is 10.2 Å². The van der Waals surface area contributed by atoms with Crippen LogP contribution in [0.25, 0.3) is 10.2 Å². The van der Waals surface area contributed by atoms with E-state index < -0.39 is 0 Å². The largest absolute Gasteiger partial charge is 0.331 e. The minimum absolute atomic E-state index is 0.946. The van der Waals surface area contributed by atoms with Gasteiger partial charge in [0.1, 0.15) is 0 Å². The zero-order chi connectivity index (χ0) is 13.9. The lowest BCUT2D eigenvalue weighted by Crippen LogP contribution is -1.95. The zero-order valence-corrected chi connectivity index (χ0v) is 13.6. The first-order valence-corrected chi connectivity index (χ1v) is 8.28. The molecule has 4 heteroatoms. The van der Waals surface area contributed by atoms with Crippen molar-refractivity contribution in [3.05, 3.63) is 52.5 Å². The first-order chi connectivity index (χ1) is 9.76. The summed E-state index contributed by atoms with van der Waals surface area (Å²) in [7, 11) is 0. The standard InChI is InChI=1S/C16H15BrN2S/c1-2-5-11-6-3-4-7-13(11)18-16-19-14-9-8-12(17)10-15(14)20-16/h3-4,6-10H,2,5H2,1H3,(H,18,19). The molecule has 3 rings (SSSR count). The monoisotopic (exact) mass is 346 g/mol. The van der Waals surface area contributed by atoms with Crippen LogP contribution in [0, 0.1) is 0 Å². The van der Waals surface area contributed by atoms with Gasteiger partial charge in [0, 0.05) is 10.2 Å². The predicted molar refractivity (Wildman–Crippen MR) is 91.0 cm³/mol.